The molecule has 0 spiro atoms. The Labute approximate surface area is 238 Å². The SMILES string of the molecule is CCOC(CN1C(=O)C(NC(=O)Nc2ccc(Cl)cc2)(C(C(N)=O)c2ccc(C)cc2)c2ccccc21)OCC. The fourth-order valence-electron chi connectivity index (χ4n) is 5.07. The Hall–Kier alpha value is -3.92. The maximum Gasteiger partial charge on any atom is 0.320 e. The normalized spacial score (nSPS) is 17.0. The Morgan fingerprint density at radius 2 is 1.60 bits per heavy atom. The van der Waals surface area contributed by atoms with E-state index in [4.69, 9.17) is 26.8 Å². The Morgan fingerprint density at radius 3 is 2.20 bits per heavy atom. The Kier molecular flexibility index (Phi) is 9.09. The van der Waals surface area contributed by atoms with E-state index < -0.39 is 35.6 Å². The summed E-state index contributed by atoms with van der Waals surface area (Å²) in [6.07, 6.45) is -0.725. The van der Waals surface area contributed by atoms with Crippen molar-refractivity contribution in [2.75, 3.05) is 30.0 Å². The molecule has 2 unspecified atom stereocenters. The summed E-state index contributed by atoms with van der Waals surface area (Å²) in [7, 11) is 0. The van der Waals surface area contributed by atoms with E-state index in [-0.39, 0.29) is 6.54 Å². The number of hydrogen-bond donors (Lipinski definition) is 3. The molecular formula is C30H33ClN4O5. The molecule has 0 fully saturated rings. The number of carbonyl (C=O) groups excluding carboxylic acids is 3. The molecule has 0 saturated heterocycles. The fraction of sp³-hybridized carbons (Fsp3) is 0.300. The van der Waals surface area contributed by atoms with Crippen LogP contribution in [0.2, 0.25) is 5.02 Å². The smallest absolute Gasteiger partial charge is 0.320 e. The predicted octanol–water partition coefficient (Wildman–Crippen LogP) is 4.68. The first-order chi connectivity index (χ1) is 19.2. The molecule has 0 aliphatic carbocycles. The lowest BCUT2D eigenvalue weighted by Gasteiger charge is -2.36. The largest absolute Gasteiger partial charge is 0.369 e. The molecule has 1 aliphatic heterocycles. The van der Waals surface area contributed by atoms with Gasteiger partial charge in [-0.05, 0) is 56.7 Å². The summed E-state index contributed by atoms with van der Waals surface area (Å²) in [5.41, 5.74) is 7.02. The average Bonchev–Trinajstić information content (AvgIpc) is 3.14. The molecule has 1 heterocycles. The first-order valence-corrected chi connectivity index (χ1v) is 13.4. The van der Waals surface area contributed by atoms with E-state index in [0.717, 1.165) is 5.56 Å². The van der Waals surface area contributed by atoms with Crippen LogP contribution in [0.15, 0.2) is 72.8 Å². The molecule has 2 atom stereocenters. The van der Waals surface area contributed by atoms with Crippen molar-refractivity contribution in [3.05, 3.63) is 94.5 Å². The third-order valence-corrected chi connectivity index (χ3v) is 7.03. The van der Waals surface area contributed by atoms with Crippen molar-refractivity contribution < 1.29 is 23.9 Å². The first-order valence-electron chi connectivity index (χ1n) is 13.1. The van der Waals surface area contributed by atoms with E-state index in [2.05, 4.69) is 10.6 Å². The average molecular weight is 565 g/mol. The van der Waals surface area contributed by atoms with E-state index >= 15 is 0 Å². The molecule has 10 heteroatoms. The molecule has 3 aromatic carbocycles. The van der Waals surface area contributed by atoms with E-state index in [1.165, 1.54) is 4.90 Å². The Bertz CT molecular complexity index is 1360. The monoisotopic (exact) mass is 564 g/mol. The fourth-order valence-corrected chi connectivity index (χ4v) is 5.19. The first kappa shape index (κ1) is 29.1. The van der Waals surface area contributed by atoms with Crippen molar-refractivity contribution in [2.24, 2.45) is 5.73 Å². The van der Waals surface area contributed by atoms with Crippen LogP contribution >= 0.6 is 11.6 Å². The third-order valence-electron chi connectivity index (χ3n) is 6.78. The van der Waals surface area contributed by atoms with Crippen LogP contribution in [0.25, 0.3) is 0 Å². The second-order valence-electron chi connectivity index (χ2n) is 9.41. The van der Waals surface area contributed by atoms with Gasteiger partial charge < -0.3 is 30.7 Å². The topological polar surface area (TPSA) is 123 Å². The summed E-state index contributed by atoms with van der Waals surface area (Å²) < 4.78 is 11.5. The molecule has 1 aliphatic rings. The van der Waals surface area contributed by atoms with Crippen molar-refractivity contribution >= 4 is 40.8 Å². The second kappa shape index (κ2) is 12.5. The number of urea groups is 1. The molecule has 4 N–H and O–H groups in total. The number of aryl methyl sites for hydroxylation is 1. The number of nitrogens with two attached hydrogens (primary N) is 1. The van der Waals surface area contributed by atoms with Crippen LogP contribution in [0, 0.1) is 6.92 Å². The van der Waals surface area contributed by atoms with Crippen LogP contribution in [-0.4, -0.2) is 43.9 Å². The van der Waals surface area contributed by atoms with Gasteiger partial charge in [0.15, 0.2) is 11.8 Å². The maximum absolute atomic E-state index is 14.6. The molecule has 3 aromatic rings. The molecular weight excluding hydrogens is 532 g/mol. The number of para-hydroxylation sites is 1. The number of nitrogens with one attached hydrogen (secondary N) is 2. The van der Waals surface area contributed by atoms with Crippen LogP contribution in [0.4, 0.5) is 16.2 Å². The highest BCUT2D eigenvalue weighted by Crippen LogP contribution is 2.48. The van der Waals surface area contributed by atoms with Crippen LogP contribution in [0.1, 0.15) is 36.5 Å². The number of rotatable bonds is 11. The quantitative estimate of drug-likeness (QED) is 0.292. The molecule has 0 radical (unpaired) electrons. The molecule has 0 saturated carbocycles. The van der Waals surface area contributed by atoms with Gasteiger partial charge in [0.1, 0.15) is 0 Å². The van der Waals surface area contributed by atoms with Crippen molar-refractivity contribution in [2.45, 2.75) is 38.5 Å². The molecule has 4 amide bonds. The minimum absolute atomic E-state index is 0.0408. The molecule has 0 bridgehead atoms. The number of primary amides is 1. The molecule has 210 valence electrons. The summed E-state index contributed by atoms with van der Waals surface area (Å²) in [6, 6.07) is 20.0. The van der Waals surface area contributed by atoms with Crippen molar-refractivity contribution in [1.29, 1.82) is 0 Å². The van der Waals surface area contributed by atoms with Gasteiger partial charge in [0.25, 0.3) is 5.91 Å². The van der Waals surface area contributed by atoms with E-state index in [1.54, 1.807) is 60.7 Å². The third kappa shape index (κ3) is 5.82. The highest BCUT2D eigenvalue weighted by Gasteiger charge is 2.59. The lowest BCUT2D eigenvalue weighted by molar-refractivity contribution is -0.139. The van der Waals surface area contributed by atoms with Crippen LogP contribution in [0.3, 0.4) is 0 Å². The summed E-state index contributed by atoms with van der Waals surface area (Å²) in [5, 5.41) is 6.11. The summed E-state index contributed by atoms with van der Waals surface area (Å²) in [6.45, 7) is 6.36. The lowest BCUT2D eigenvalue weighted by atomic mass is 9.74. The van der Waals surface area contributed by atoms with Gasteiger partial charge >= 0.3 is 6.03 Å². The maximum atomic E-state index is 14.6. The van der Waals surface area contributed by atoms with Gasteiger partial charge in [0, 0.05) is 29.5 Å². The summed E-state index contributed by atoms with van der Waals surface area (Å²) in [5.74, 6) is -2.54. The van der Waals surface area contributed by atoms with Gasteiger partial charge in [-0.2, -0.15) is 0 Å². The molecule has 40 heavy (non-hydrogen) atoms. The number of anilines is 2. The number of fused-ring (bicyclic) bond motifs is 1. The molecule has 9 nitrogen and oxygen atoms in total. The predicted molar refractivity (Wildman–Crippen MR) is 154 cm³/mol. The van der Waals surface area contributed by atoms with Crippen LogP contribution in [0.5, 0.6) is 0 Å². The number of nitrogens with zero attached hydrogens (tertiary/aromatic N) is 1. The minimum Gasteiger partial charge on any atom is -0.369 e. The highest BCUT2D eigenvalue weighted by atomic mass is 35.5. The Balaban J connectivity index is 1.86. The van der Waals surface area contributed by atoms with Crippen molar-refractivity contribution in [1.82, 2.24) is 5.32 Å². The number of benzene rings is 3. The summed E-state index contributed by atoms with van der Waals surface area (Å²) >= 11 is 5.99. The highest BCUT2D eigenvalue weighted by molar-refractivity contribution is 6.30. The van der Waals surface area contributed by atoms with Crippen molar-refractivity contribution in [3.63, 3.8) is 0 Å². The Morgan fingerprint density at radius 1 is 0.975 bits per heavy atom. The molecule has 4 rings (SSSR count). The number of ether oxygens (including phenoxy) is 2. The zero-order valence-corrected chi connectivity index (χ0v) is 23.4. The molecule has 0 aromatic heterocycles. The number of amides is 4. The standard InChI is InChI=1S/C30H33ClN4O5/c1-4-39-25(40-5-2)18-35-24-9-7-6-8-23(24)30(28(35)37,26(27(32)36)20-12-10-19(3)11-13-20)34-29(38)33-22-16-14-21(31)15-17-22/h6-17,25-26H,4-5,18H2,1-3H3,(H2,32,36)(H2,33,34,38). The van der Waals surface area contributed by atoms with E-state index in [0.29, 0.717) is 40.7 Å². The van der Waals surface area contributed by atoms with Gasteiger partial charge in [-0.1, -0.05) is 59.6 Å². The number of carbonyl (C=O) groups is 3. The second-order valence-corrected chi connectivity index (χ2v) is 9.85. The van der Waals surface area contributed by atoms with Crippen molar-refractivity contribution in [3.8, 4) is 0 Å². The number of halogens is 1. The summed E-state index contributed by atoms with van der Waals surface area (Å²) in [4.78, 5) is 42.9. The lowest BCUT2D eigenvalue weighted by Crippen LogP contribution is -2.60. The van der Waals surface area contributed by atoms with Crippen LogP contribution < -0.4 is 21.3 Å². The van der Waals surface area contributed by atoms with E-state index in [9.17, 15) is 14.4 Å². The van der Waals surface area contributed by atoms with Gasteiger partial charge in [-0.25, -0.2) is 4.79 Å². The van der Waals surface area contributed by atoms with Crippen LogP contribution in [-0.2, 0) is 24.6 Å². The van der Waals surface area contributed by atoms with Gasteiger partial charge in [-0.3, -0.25) is 9.59 Å². The van der Waals surface area contributed by atoms with E-state index in [1.807, 2.05) is 32.9 Å². The number of hydrogen-bond acceptors (Lipinski definition) is 5. The zero-order chi connectivity index (χ0) is 28.9. The van der Waals surface area contributed by atoms with Gasteiger partial charge in [0.2, 0.25) is 5.91 Å². The zero-order valence-electron chi connectivity index (χ0n) is 22.6. The van der Waals surface area contributed by atoms with Gasteiger partial charge in [0.05, 0.1) is 18.2 Å². The van der Waals surface area contributed by atoms with Gasteiger partial charge in [-0.15, -0.1) is 0 Å². The minimum atomic E-state index is -1.86.